The van der Waals surface area contributed by atoms with Crippen LogP contribution >= 0.6 is 0 Å². The van der Waals surface area contributed by atoms with Gasteiger partial charge in [-0.2, -0.15) is 0 Å². The molecule has 1 fully saturated rings. The van der Waals surface area contributed by atoms with Gasteiger partial charge in [-0.05, 0) is 50.7 Å². The summed E-state index contributed by atoms with van der Waals surface area (Å²) >= 11 is 0. The van der Waals surface area contributed by atoms with Crippen molar-refractivity contribution in [3.05, 3.63) is 0 Å². The van der Waals surface area contributed by atoms with Crippen molar-refractivity contribution in [1.29, 1.82) is 0 Å². The molecule has 0 radical (unpaired) electrons. The van der Waals surface area contributed by atoms with E-state index in [4.69, 9.17) is 0 Å². The lowest BCUT2D eigenvalue weighted by Crippen LogP contribution is -2.36. The quantitative estimate of drug-likeness (QED) is 0.793. The van der Waals surface area contributed by atoms with Crippen LogP contribution in [0.5, 0.6) is 0 Å². The molecule has 1 rings (SSSR count). The van der Waals surface area contributed by atoms with E-state index in [1.54, 1.807) is 0 Å². The zero-order valence-corrected chi connectivity index (χ0v) is 11.7. The Morgan fingerprint density at radius 3 is 2.56 bits per heavy atom. The van der Waals surface area contributed by atoms with Crippen LogP contribution < -0.4 is 5.32 Å². The molecule has 1 N–H and O–H groups in total. The van der Waals surface area contributed by atoms with Gasteiger partial charge in [-0.3, -0.25) is 0 Å². The van der Waals surface area contributed by atoms with Gasteiger partial charge in [0, 0.05) is 12.6 Å². The lowest BCUT2D eigenvalue weighted by Gasteiger charge is -2.24. The molecule has 0 aromatic carbocycles. The first kappa shape index (κ1) is 14.0. The van der Waals surface area contributed by atoms with Crippen molar-refractivity contribution in [1.82, 2.24) is 10.2 Å². The molecule has 1 heterocycles. The highest BCUT2D eigenvalue weighted by atomic mass is 15.1. The molecule has 0 spiro atoms. The molecule has 2 nitrogen and oxygen atoms in total. The molecular formula is C14H30N2. The van der Waals surface area contributed by atoms with Gasteiger partial charge in [0.05, 0.1) is 0 Å². The summed E-state index contributed by atoms with van der Waals surface area (Å²) in [4.78, 5) is 2.62. The summed E-state index contributed by atoms with van der Waals surface area (Å²) in [6.45, 7) is 14.2. The van der Waals surface area contributed by atoms with Gasteiger partial charge >= 0.3 is 0 Å². The smallest absolute Gasteiger partial charge is 0.00799 e. The number of hydrogen-bond donors (Lipinski definition) is 1. The van der Waals surface area contributed by atoms with Crippen LogP contribution in [-0.2, 0) is 0 Å². The normalized spacial score (nSPS) is 24.4. The van der Waals surface area contributed by atoms with Gasteiger partial charge in [0.25, 0.3) is 0 Å². The number of likely N-dealkylation sites (tertiary alicyclic amines) is 1. The first-order chi connectivity index (χ1) is 7.51. The van der Waals surface area contributed by atoms with E-state index >= 15 is 0 Å². The predicted octanol–water partition coefficient (Wildman–Crippen LogP) is 2.89. The van der Waals surface area contributed by atoms with Crippen LogP contribution in [0.2, 0.25) is 0 Å². The van der Waals surface area contributed by atoms with E-state index in [2.05, 4.69) is 37.9 Å². The SMILES string of the molecule is CCCN1CCCC(NCC(C)(C)C)CC1. The number of nitrogens with zero attached hydrogens (tertiary/aromatic N) is 1. The van der Waals surface area contributed by atoms with Crippen LogP contribution in [0.3, 0.4) is 0 Å². The van der Waals surface area contributed by atoms with E-state index in [0.717, 1.165) is 12.6 Å². The van der Waals surface area contributed by atoms with E-state index in [1.807, 2.05) is 0 Å². The van der Waals surface area contributed by atoms with Crippen molar-refractivity contribution < 1.29 is 0 Å². The van der Waals surface area contributed by atoms with Crippen molar-refractivity contribution in [2.24, 2.45) is 5.41 Å². The zero-order valence-electron chi connectivity index (χ0n) is 11.7. The Bertz CT molecular complexity index is 184. The van der Waals surface area contributed by atoms with E-state index in [1.165, 1.54) is 45.3 Å². The molecule has 0 aromatic heterocycles. The molecule has 96 valence electrons. The Labute approximate surface area is 102 Å². The molecule has 1 saturated heterocycles. The third-order valence-corrected chi connectivity index (χ3v) is 3.28. The highest BCUT2D eigenvalue weighted by Gasteiger charge is 2.18. The second kappa shape index (κ2) is 6.61. The zero-order chi connectivity index (χ0) is 12.0. The molecule has 0 aliphatic carbocycles. The Balaban J connectivity index is 2.25. The Kier molecular flexibility index (Phi) is 5.77. The fourth-order valence-electron chi connectivity index (χ4n) is 2.35. The highest BCUT2D eigenvalue weighted by Crippen LogP contribution is 2.15. The molecule has 1 unspecified atom stereocenters. The minimum Gasteiger partial charge on any atom is -0.313 e. The van der Waals surface area contributed by atoms with Gasteiger partial charge in [-0.15, -0.1) is 0 Å². The summed E-state index contributed by atoms with van der Waals surface area (Å²) in [6, 6.07) is 0.751. The summed E-state index contributed by atoms with van der Waals surface area (Å²) in [5, 5.41) is 3.74. The first-order valence-electron chi connectivity index (χ1n) is 6.97. The Morgan fingerprint density at radius 1 is 1.19 bits per heavy atom. The standard InChI is InChI=1S/C14H30N2/c1-5-9-16-10-6-7-13(8-11-16)15-12-14(2,3)4/h13,15H,5-12H2,1-4H3. The Morgan fingerprint density at radius 2 is 1.94 bits per heavy atom. The van der Waals surface area contributed by atoms with Crippen LogP contribution in [0.4, 0.5) is 0 Å². The van der Waals surface area contributed by atoms with Gasteiger partial charge in [0.1, 0.15) is 0 Å². The van der Waals surface area contributed by atoms with Crippen LogP contribution in [0.1, 0.15) is 53.4 Å². The van der Waals surface area contributed by atoms with Gasteiger partial charge in [-0.1, -0.05) is 27.7 Å². The van der Waals surface area contributed by atoms with Gasteiger partial charge in [0.2, 0.25) is 0 Å². The predicted molar refractivity (Wildman–Crippen MR) is 71.8 cm³/mol. The van der Waals surface area contributed by atoms with Crippen molar-refractivity contribution in [3.63, 3.8) is 0 Å². The second-order valence-electron chi connectivity index (χ2n) is 6.41. The van der Waals surface area contributed by atoms with Gasteiger partial charge in [0.15, 0.2) is 0 Å². The summed E-state index contributed by atoms with van der Waals surface area (Å²) in [6.07, 6.45) is 5.34. The maximum Gasteiger partial charge on any atom is 0.00799 e. The van der Waals surface area contributed by atoms with Crippen molar-refractivity contribution in [2.45, 2.75) is 59.4 Å². The number of hydrogen-bond acceptors (Lipinski definition) is 2. The molecular weight excluding hydrogens is 196 g/mol. The average molecular weight is 226 g/mol. The van der Waals surface area contributed by atoms with Crippen LogP contribution in [0.25, 0.3) is 0 Å². The molecule has 0 saturated carbocycles. The second-order valence-corrected chi connectivity index (χ2v) is 6.41. The molecule has 0 amide bonds. The number of nitrogens with one attached hydrogen (secondary N) is 1. The largest absolute Gasteiger partial charge is 0.313 e. The van der Waals surface area contributed by atoms with Gasteiger partial charge in [-0.25, -0.2) is 0 Å². The number of rotatable bonds is 4. The Hall–Kier alpha value is -0.0800. The summed E-state index contributed by atoms with van der Waals surface area (Å²) in [5.41, 5.74) is 0.412. The van der Waals surface area contributed by atoms with Crippen molar-refractivity contribution >= 4 is 0 Å². The van der Waals surface area contributed by atoms with Gasteiger partial charge < -0.3 is 10.2 Å². The monoisotopic (exact) mass is 226 g/mol. The van der Waals surface area contributed by atoms with Crippen LogP contribution in [-0.4, -0.2) is 37.1 Å². The molecule has 1 aliphatic heterocycles. The first-order valence-corrected chi connectivity index (χ1v) is 6.97. The van der Waals surface area contributed by atoms with Crippen LogP contribution in [0, 0.1) is 5.41 Å². The van der Waals surface area contributed by atoms with Crippen LogP contribution in [0.15, 0.2) is 0 Å². The summed E-state index contributed by atoms with van der Waals surface area (Å²) in [7, 11) is 0. The highest BCUT2D eigenvalue weighted by molar-refractivity contribution is 4.77. The van der Waals surface area contributed by atoms with E-state index in [0.29, 0.717) is 5.41 Å². The topological polar surface area (TPSA) is 15.3 Å². The lowest BCUT2D eigenvalue weighted by atomic mass is 9.96. The summed E-state index contributed by atoms with van der Waals surface area (Å²) in [5.74, 6) is 0. The molecule has 1 aliphatic rings. The fraction of sp³-hybridized carbons (Fsp3) is 1.00. The molecule has 1 atom stereocenters. The third kappa shape index (κ3) is 5.86. The van der Waals surface area contributed by atoms with Crippen molar-refractivity contribution in [2.75, 3.05) is 26.2 Å². The molecule has 0 bridgehead atoms. The molecule has 2 heteroatoms. The molecule has 0 aromatic rings. The molecule has 16 heavy (non-hydrogen) atoms. The average Bonchev–Trinajstić information content (AvgIpc) is 2.40. The van der Waals surface area contributed by atoms with E-state index in [-0.39, 0.29) is 0 Å². The maximum absolute atomic E-state index is 3.74. The lowest BCUT2D eigenvalue weighted by molar-refractivity contribution is 0.279. The third-order valence-electron chi connectivity index (χ3n) is 3.28. The van der Waals surface area contributed by atoms with E-state index < -0.39 is 0 Å². The fourth-order valence-corrected chi connectivity index (χ4v) is 2.35. The minimum atomic E-state index is 0.412. The summed E-state index contributed by atoms with van der Waals surface area (Å²) < 4.78 is 0. The van der Waals surface area contributed by atoms with Crippen molar-refractivity contribution in [3.8, 4) is 0 Å². The maximum atomic E-state index is 3.74. The van der Waals surface area contributed by atoms with E-state index in [9.17, 15) is 0 Å². The minimum absolute atomic E-state index is 0.412.